The van der Waals surface area contributed by atoms with E-state index >= 15 is 0 Å². The largest absolute Gasteiger partial charge is 0.417 e. The van der Waals surface area contributed by atoms with Crippen LogP contribution >= 0.6 is 0 Å². The highest BCUT2D eigenvalue weighted by Gasteiger charge is 2.25. The Balaban J connectivity index is 4.31. The predicted octanol–water partition coefficient (Wildman–Crippen LogP) is 4.06. The van der Waals surface area contributed by atoms with Gasteiger partial charge in [-0.05, 0) is 24.9 Å². The first-order valence-electron chi connectivity index (χ1n) is 6.68. The van der Waals surface area contributed by atoms with Gasteiger partial charge in [0.2, 0.25) is 0 Å². The van der Waals surface area contributed by atoms with Gasteiger partial charge < -0.3 is 4.43 Å². The minimum absolute atomic E-state index is 0.234. The van der Waals surface area contributed by atoms with Crippen LogP contribution in [0.5, 0.6) is 0 Å². The molecule has 0 N–H and O–H groups in total. The van der Waals surface area contributed by atoms with Gasteiger partial charge >= 0.3 is 0 Å². The summed E-state index contributed by atoms with van der Waals surface area (Å²) in [6, 6.07) is 0. The molecular weight excluding hydrogens is 240 g/mol. The van der Waals surface area contributed by atoms with Crippen molar-refractivity contribution in [3.05, 3.63) is 0 Å². The summed E-state index contributed by atoms with van der Waals surface area (Å²) in [6.07, 6.45) is 2.42. The fraction of sp³-hybridized carbons (Fsp3) is 0.857. The van der Waals surface area contributed by atoms with Crippen LogP contribution in [-0.4, -0.2) is 23.2 Å². The van der Waals surface area contributed by atoms with Gasteiger partial charge in [0.1, 0.15) is 8.07 Å². The molecule has 0 radical (unpaired) electrons. The van der Waals surface area contributed by atoms with E-state index < -0.39 is 17.1 Å². The molecule has 0 aromatic heterocycles. The summed E-state index contributed by atoms with van der Waals surface area (Å²) < 4.78 is 6.13. The SMILES string of the molecule is C[SiH](C)OC(CCC#C[Si](C)(C)C)C(C)(C)C. The van der Waals surface area contributed by atoms with Crippen molar-refractivity contribution in [1.29, 1.82) is 0 Å². The first kappa shape index (κ1) is 17.0. The molecule has 3 heteroatoms. The van der Waals surface area contributed by atoms with Crippen LogP contribution in [0.1, 0.15) is 33.6 Å². The molecule has 0 aromatic rings. The normalized spacial score (nSPS) is 14.4. The second kappa shape index (κ2) is 6.77. The highest BCUT2D eigenvalue weighted by Crippen LogP contribution is 2.26. The average Bonchev–Trinajstić information content (AvgIpc) is 2.06. The van der Waals surface area contributed by atoms with Gasteiger partial charge in [-0.3, -0.25) is 0 Å². The second-order valence-electron chi connectivity index (χ2n) is 7.13. The Kier molecular flexibility index (Phi) is 6.75. The Bertz CT molecular complexity index is 273. The topological polar surface area (TPSA) is 9.23 Å². The minimum Gasteiger partial charge on any atom is -0.417 e. The highest BCUT2D eigenvalue weighted by molar-refractivity contribution is 6.83. The van der Waals surface area contributed by atoms with Crippen LogP contribution in [0.25, 0.3) is 0 Å². The maximum Gasteiger partial charge on any atom is 0.171 e. The zero-order valence-electron chi connectivity index (χ0n) is 13.0. The molecule has 100 valence electrons. The van der Waals surface area contributed by atoms with Crippen LogP contribution in [0.4, 0.5) is 0 Å². The van der Waals surface area contributed by atoms with Crippen molar-refractivity contribution in [2.75, 3.05) is 0 Å². The molecule has 1 atom stereocenters. The molecule has 0 saturated heterocycles. The van der Waals surface area contributed by atoms with Gasteiger partial charge in [0.15, 0.2) is 9.04 Å². The average molecular weight is 271 g/mol. The molecule has 0 rings (SSSR count). The van der Waals surface area contributed by atoms with Gasteiger partial charge in [0, 0.05) is 6.42 Å². The highest BCUT2D eigenvalue weighted by atomic mass is 28.3. The van der Waals surface area contributed by atoms with Gasteiger partial charge in [-0.2, -0.15) is 0 Å². The van der Waals surface area contributed by atoms with E-state index in [1.807, 2.05) is 0 Å². The summed E-state index contributed by atoms with van der Waals surface area (Å²) in [4.78, 5) is 0. The molecule has 0 saturated carbocycles. The Hall–Kier alpha value is -0.0462. The van der Waals surface area contributed by atoms with Crippen molar-refractivity contribution in [3.8, 4) is 11.5 Å². The summed E-state index contributed by atoms with van der Waals surface area (Å²) in [7, 11) is -2.15. The maximum absolute atomic E-state index is 6.13. The van der Waals surface area contributed by atoms with Crippen molar-refractivity contribution < 1.29 is 4.43 Å². The van der Waals surface area contributed by atoms with Gasteiger partial charge in [0.05, 0.1) is 6.10 Å². The zero-order chi connectivity index (χ0) is 13.7. The van der Waals surface area contributed by atoms with Crippen molar-refractivity contribution >= 4 is 17.1 Å². The monoisotopic (exact) mass is 270 g/mol. The molecule has 0 aliphatic heterocycles. The summed E-state index contributed by atoms with van der Waals surface area (Å²) in [6.45, 7) is 18.1. The molecule has 0 aliphatic carbocycles. The van der Waals surface area contributed by atoms with Gasteiger partial charge in [-0.25, -0.2) is 0 Å². The van der Waals surface area contributed by atoms with Crippen molar-refractivity contribution in [3.63, 3.8) is 0 Å². The van der Waals surface area contributed by atoms with Gasteiger partial charge in [0.25, 0.3) is 0 Å². The molecule has 0 aromatic carbocycles. The van der Waals surface area contributed by atoms with Crippen molar-refractivity contribution in [2.24, 2.45) is 5.41 Å². The molecule has 17 heavy (non-hydrogen) atoms. The summed E-state index contributed by atoms with van der Waals surface area (Å²) >= 11 is 0. The molecule has 1 unspecified atom stereocenters. The lowest BCUT2D eigenvalue weighted by Gasteiger charge is -2.32. The number of hydrogen-bond donors (Lipinski definition) is 0. The van der Waals surface area contributed by atoms with E-state index in [1.165, 1.54) is 0 Å². The molecule has 0 aliphatic rings. The molecule has 0 heterocycles. The second-order valence-corrected chi connectivity index (χ2v) is 14.2. The standard InChI is InChI=1S/C14H30OSi2/c1-14(2,3)13(15-16(4)5)11-9-10-12-17(6,7)8/h13,16H,9,11H2,1-8H3. The van der Waals surface area contributed by atoms with E-state index in [2.05, 4.69) is 65.0 Å². The first-order valence-corrected chi connectivity index (χ1v) is 13.0. The van der Waals surface area contributed by atoms with E-state index in [0.29, 0.717) is 6.10 Å². The van der Waals surface area contributed by atoms with Crippen LogP contribution in [0.2, 0.25) is 32.7 Å². The van der Waals surface area contributed by atoms with E-state index in [-0.39, 0.29) is 5.41 Å². The molecular formula is C14H30OSi2. The first-order chi connectivity index (χ1) is 7.52. The lowest BCUT2D eigenvalue weighted by atomic mass is 9.87. The Labute approximate surface area is 111 Å². The molecule has 0 bridgehead atoms. The predicted molar refractivity (Wildman–Crippen MR) is 83.6 cm³/mol. The van der Waals surface area contributed by atoms with E-state index in [1.54, 1.807) is 0 Å². The summed E-state index contributed by atoms with van der Waals surface area (Å²) in [5, 5.41) is 0. The molecule has 0 spiro atoms. The quantitative estimate of drug-likeness (QED) is 0.553. The number of rotatable bonds is 4. The zero-order valence-corrected chi connectivity index (χ0v) is 15.1. The van der Waals surface area contributed by atoms with E-state index in [9.17, 15) is 0 Å². The third-order valence-corrected chi connectivity index (χ3v) is 4.20. The Morgan fingerprint density at radius 3 is 2.06 bits per heavy atom. The maximum atomic E-state index is 6.13. The van der Waals surface area contributed by atoms with Crippen LogP contribution in [0.15, 0.2) is 0 Å². The van der Waals surface area contributed by atoms with Gasteiger partial charge in [-0.1, -0.05) is 40.4 Å². The molecule has 0 amide bonds. The molecule has 0 fully saturated rings. The lowest BCUT2D eigenvalue weighted by molar-refractivity contribution is 0.0799. The third kappa shape index (κ3) is 9.64. The summed E-state index contributed by atoms with van der Waals surface area (Å²) in [5.41, 5.74) is 3.66. The van der Waals surface area contributed by atoms with E-state index in [0.717, 1.165) is 12.8 Å². The van der Waals surface area contributed by atoms with Crippen molar-refractivity contribution in [1.82, 2.24) is 0 Å². The van der Waals surface area contributed by atoms with Gasteiger partial charge in [-0.15, -0.1) is 11.5 Å². The Morgan fingerprint density at radius 1 is 1.18 bits per heavy atom. The Morgan fingerprint density at radius 2 is 1.71 bits per heavy atom. The fourth-order valence-corrected chi connectivity index (χ4v) is 3.42. The number of hydrogen-bond acceptors (Lipinski definition) is 1. The van der Waals surface area contributed by atoms with Crippen molar-refractivity contribution in [2.45, 2.75) is 72.5 Å². The van der Waals surface area contributed by atoms with Crippen LogP contribution in [0, 0.1) is 16.9 Å². The van der Waals surface area contributed by atoms with Crippen LogP contribution in [-0.2, 0) is 4.43 Å². The lowest BCUT2D eigenvalue weighted by Crippen LogP contribution is -2.33. The van der Waals surface area contributed by atoms with Crippen LogP contribution in [0.3, 0.4) is 0 Å². The third-order valence-electron chi connectivity index (χ3n) is 2.40. The van der Waals surface area contributed by atoms with E-state index in [4.69, 9.17) is 4.43 Å². The van der Waals surface area contributed by atoms with Crippen LogP contribution < -0.4 is 0 Å². The smallest absolute Gasteiger partial charge is 0.171 e. The minimum atomic E-state index is -1.20. The fourth-order valence-electron chi connectivity index (χ4n) is 1.56. The summed E-state index contributed by atoms with van der Waals surface area (Å²) in [5.74, 6) is 3.35. The molecule has 1 nitrogen and oxygen atoms in total.